The molecule has 1 unspecified atom stereocenters. The predicted octanol–water partition coefficient (Wildman–Crippen LogP) is 3.96. The van der Waals surface area contributed by atoms with E-state index in [1.165, 1.54) is 0 Å². The van der Waals surface area contributed by atoms with Crippen LogP contribution in [0.15, 0.2) is 40.8 Å². The molecule has 1 aliphatic heterocycles. The van der Waals surface area contributed by atoms with Crippen molar-refractivity contribution in [3.63, 3.8) is 0 Å². The van der Waals surface area contributed by atoms with Crippen LogP contribution in [0.5, 0.6) is 17.2 Å². The van der Waals surface area contributed by atoms with E-state index in [1.54, 1.807) is 14.2 Å². The van der Waals surface area contributed by atoms with Gasteiger partial charge in [-0.15, -0.1) is 0 Å². The highest BCUT2D eigenvalue weighted by Gasteiger charge is 2.26. The Bertz CT molecular complexity index is 1140. The second-order valence-corrected chi connectivity index (χ2v) is 8.14. The van der Waals surface area contributed by atoms with E-state index in [9.17, 15) is 4.79 Å². The fraction of sp³-hybridized carbons (Fsp3) is 0.423. The summed E-state index contributed by atoms with van der Waals surface area (Å²) in [7, 11) is 3.25. The molecule has 1 fully saturated rings. The molecule has 1 saturated heterocycles. The SMILES string of the molecule is CCOc1ccc(C(CNC(=O)c2oc3ccc(OC)cc3c2C)N2CCOCC2)cc1OC. The summed E-state index contributed by atoms with van der Waals surface area (Å²) in [4.78, 5) is 15.5. The minimum Gasteiger partial charge on any atom is -0.497 e. The highest BCUT2D eigenvalue weighted by Crippen LogP contribution is 2.33. The Morgan fingerprint density at radius 3 is 2.59 bits per heavy atom. The van der Waals surface area contributed by atoms with Gasteiger partial charge < -0.3 is 28.7 Å². The average molecular weight is 469 g/mol. The van der Waals surface area contributed by atoms with Crippen molar-refractivity contribution >= 4 is 16.9 Å². The van der Waals surface area contributed by atoms with Crippen LogP contribution in [-0.2, 0) is 4.74 Å². The molecule has 1 aromatic heterocycles. The number of morpholine rings is 1. The Labute approximate surface area is 199 Å². The lowest BCUT2D eigenvalue weighted by Gasteiger charge is -2.35. The maximum Gasteiger partial charge on any atom is 0.287 e. The molecule has 8 nitrogen and oxygen atoms in total. The molecule has 2 heterocycles. The molecule has 4 rings (SSSR count). The highest BCUT2D eigenvalue weighted by molar-refractivity contribution is 5.99. The third-order valence-corrected chi connectivity index (χ3v) is 6.16. The van der Waals surface area contributed by atoms with Gasteiger partial charge in [-0.05, 0) is 49.7 Å². The van der Waals surface area contributed by atoms with Crippen molar-refractivity contribution in [2.24, 2.45) is 0 Å². The van der Waals surface area contributed by atoms with Crippen LogP contribution in [0, 0.1) is 6.92 Å². The lowest BCUT2D eigenvalue weighted by Crippen LogP contribution is -2.43. The number of nitrogens with zero attached hydrogens (tertiary/aromatic N) is 1. The van der Waals surface area contributed by atoms with Crippen molar-refractivity contribution in [2.45, 2.75) is 19.9 Å². The van der Waals surface area contributed by atoms with Crippen LogP contribution in [0.3, 0.4) is 0 Å². The van der Waals surface area contributed by atoms with Crippen LogP contribution < -0.4 is 19.5 Å². The van der Waals surface area contributed by atoms with E-state index in [-0.39, 0.29) is 11.9 Å². The van der Waals surface area contributed by atoms with Crippen LogP contribution in [0.2, 0.25) is 0 Å². The van der Waals surface area contributed by atoms with Crippen LogP contribution in [-0.4, -0.2) is 64.5 Å². The number of rotatable bonds is 9. The van der Waals surface area contributed by atoms with Gasteiger partial charge in [0.1, 0.15) is 11.3 Å². The molecule has 8 heteroatoms. The van der Waals surface area contributed by atoms with E-state index in [1.807, 2.05) is 50.2 Å². The van der Waals surface area contributed by atoms with Gasteiger partial charge in [0.05, 0.1) is 40.1 Å². The number of nitrogens with one attached hydrogen (secondary N) is 1. The van der Waals surface area contributed by atoms with Gasteiger partial charge in [0.2, 0.25) is 0 Å². The van der Waals surface area contributed by atoms with E-state index in [4.69, 9.17) is 23.4 Å². The molecule has 1 aliphatic rings. The maximum absolute atomic E-state index is 13.1. The number of hydrogen-bond donors (Lipinski definition) is 1. The number of amides is 1. The molecular weight excluding hydrogens is 436 g/mol. The molecule has 0 bridgehead atoms. The van der Waals surface area contributed by atoms with Gasteiger partial charge >= 0.3 is 0 Å². The summed E-state index contributed by atoms with van der Waals surface area (Å²) < 4.78 is 28.0. The molecular formula is C26H32N2O6. The fourth-order valence-corrected chi connectivity index (χ4v) is 4.33. The van der Waals surface area contributed by atoms with Crippen molar-refractivity contribution in [1.82, 2.24) is 10.2 Å². The van der Waals surface area contributed by atoms with Crippen molar-refractivity contribution in [1.29, 1.82) is 0 Å². The topological polar surface area (TPSA) is 82.4 Å². The van der Waals surface area contributed by atoms with Crippen LogP contribution in [0.1, 0.15) is 34.6 Å². The lowest BCUT2D eigenvalue weighted by molar-refractivity contribution is 0.0161. The molecule has 2 aromatic carbocycles. The Balaban J connectivity index is 1.57. The summed E-state index contributed by atoms with van der Waals surface area (Å²) in [6.07, 6.45) is 0. The average Bonchev–Trinajstić information content (AvgIpc) is 3.21. The van der Waals surface area contributed by atoms with Gasteiger partial charge in [0.25, 0.3) is 5.91 Å². The van der Waals surface area contributed by atoms with E-state index < -0.39 is 0 Å². The van der Waals surface area contributed by atoms with Crippen molar-refractivity contribution < 1.29 is 28.2 Å². The Kier molecular flexibility index (Phi) is 7.59. The third kappa shape index (κ3) is 4.98. The number of aryl methyl sites for hydroxylation is 1. The first kappa shape index (κ1) is 23.9. The smallest absolute Gasteiger partial charge is 0.287 e. The summed E-state index contributed by atoms with van der Waals surface area (Å²) in [5.74, 6) is 2.16. The Hall–Kier alpha value is -3.23. The first-order valence-corrected chi connectivity index (χ1v) is 11.5. The first-order chi connectivity index (χ1) is 16.5. The Morgan fingerprint density at radius 2 is 1.88 bits per heavy atom. The van der Waals surface area contributed by atoms with E-state index >= 15 is 0 Å². The molecule has 1 amide bonds. The Morgan fingerprint density at radius 1 is 1.09 bits per heavy atom. The third-order valence-electron chi connectivity index (χ3n) is 6.16. The zero-order chi connectivity index (χ0) is 24.1. The summed E-state index contributed by atoms with van der Waals surface area (Å²) in [6.45, 7) is 7.66. The maximum atomic E-state index is 13.1. The standard InChI is InChI=1S/C26H32N2O6/c1-5-33-23-8-6-18(14-24(23)31-4)21(28-10-12-32-13-11-28)16-27-26(29)25-17(2)20-15-19(30-3)7-9-22(20)34-25/h6-9,14-15,21H,5,10-13,16H2,1-4H3,(H,27,29). The van der Waals surface area contributed by atoms with E-state index in [2.05, 4.69) is 10.2 Å². The zero-order valence-electron chi connectivity index (χ0n) is 20.2. The quantitative estimate of drug-likeness (QED) is 0.509. The number of benzene rings is 2. The van der Waals surface area contributed by atoms with Crippen molar-refractivity contribution in [3.8, 4) is 17.2 Å². The van der Waals surface area contributed by atoms with Gasteiger partial charge in [-0.1, -0.05) is 6.07 Å². The summed E-state index contributed by atoms with van der Waals surface area (Å²) in [5.41, 5.74) is 2.48. The van der Waals surface area contributed by atoms with Gasteiger partial charge in [0, 0.05) is 30.6 Å². The first-order valence-electron chi connectivity index (χ1n) is 11.5. The fourth-order valence-electron chi connectivity index (χ4n) is 4.33. The summed E-state index contributed by atoms with van der Waals surface area (Å²) in [5, 5.41) is 3.95. The minimum absolute atomic E-state index is 0.0535. The zero-order valence-corrected chi connectivity index (χ0v) is 20.2. The number of fused-ring (bicyclic) bond motifs is 1. The number of carbonyl (C=O) groups is 1. The molecule has 0 spiro atoms. The highest BCUT2D eigenvalue weighted by atomic mass is 16.5. The molecule has 34 heavy (non-hydrogen) atoms. The number of methoxy groups -OCH3 is 2. The normalized spacial score (nSPS) is 15.2. The predicted molar refractivity (Wildman–Crippen MR) is 129 cm³/mol. The molecule has 1 atom stereocenters. The van der Waals surface area contributed by atoms with Gasteiger partial charge in [-0.3, -0.25) is 9.69 Å². The molecule has 0 saturated carbocycles. The number of ether oxygens (including phenoxy) is 4. The van der Waals surface area contributed by atoms with Crippen LogP contribution >= 0.6 is 0 Å². The van der Waals surface area contributed by atoms with E-state index in [0.717, 1.165) is 35.4 Å². The van der Waals surface area contributed by atoms with E-state index in [0.29, 0.717) is 49.2 Å². The number of hydrogen-bond acceptors (Lipinski definition) is 7. The largest absolute Gasteiger partial charge is 0.497 e. The van der Waals surface area contributed by atoms with Gasteiger partial charge in [-0.2, -0.15) is 0 Å². The molecule has 3 aromatic rings. The van der Waals surface area contributed by atoms with Gasteiger partial charge in [0.15, 0.2) is 17.3 Å². The molecule has 182 valence electrons. The van der Waals surface area contributed by atoms with Crippen LogP contribution in [0.4, 0.5) is 0 Å². The van der Waals surface area contributed by atoms with Crippen LogP contribution in [0.25, 0.3) is 11.0 Å². The molecule has 0 aliphatic carbocycles. The molecule has 0 radical (unpaired) electrons. The summed E-state index contributed by atoms with van der Waals surface area (Å²) in [6, 6.07) is 11.4. The second-order valence-electron chi connectivity index (χ2n) is 8.14. The minimum atomic E-state index is -0.246. The summed E-state index contributed by atoms with van der Waals surface area (Å²) >= 11 is 0. The molecule has 1 N–H and O–H groups in total. The van der Waals surface area contributed by atoms with Gasteiger partial charge in [-0.25, -0.2) is 0 Å². The van der Waals surface area contributed by atoms with Crippen molar-refractivity contribution in [3.05, 3.63) is 53.3 Å². The second kappa shape index (κ2) is 10.8. The number of furan rings is 1. The lowest BCUT2D eigenvalue weighted by atomic mass is 10.0. The monoisotopic (exact) mass is 468 g/mol. The van der Waals surface area contributed by atoms with Crippen molar-refractivity contribution in [2.75, 3.05) is 53.7 Å². The number of carbonyl (C=O) groups excluding carboxylic acids is 1.